The molecule has 0 aliphatic carbocycles. The van der Waals surface area contributed by atoms with Crippen LogP contribution in [0, 0.1) is 0 Å². The summed E-state index contributed by atoms with van der Waals surface area (Å²) in [5.41, 5.74) is 0.970. The summed E-state index contributed by atoms with van der Waals surface area (Å²) in [6.45, 7) is 2.03. The normalized spacial score (nSPS) is 19.8. The van der Waals surface area contributed by atoms with Crippen LogP contribution in [0.1, 0.15) is 27.4 Å². The van der Waals surface area contributed by atoms with Crippen molar-refractivity contribution in [2.45, 2.75) is 18.9 Å². The van der Waals surface area contributed by atoms with Crippen LogP contribution >= 0.6 is 11.3 Å². The molecule has 1 fully saturated rings. The molecule has 0 unspecified atom stereocenters. The fraction of sp³-hybridized carbons (Fsp3) is 0.429. The van der Waals surface area contributed by atoms with E-state index in [1.807, 2.05) is 29.2 Å². The van der Waals surface area contributed by atoms with Crippen molar-refractivity contribution >= 4 is 23.0 Å². The van der Waals surface area contributed by atoms with Crippen molar-refractivity contribution in [3.63, 3.8) is 0 Å². The molecule has 1 amide bonds. The van der Waals surface area contributed by atoms with Gasteiger partial charge in [-0.1, -0.05) is 6.08 Å². The van der Waals surface area contributed by atoms with Crippen LogP contribution in [0.4, 0.5) is 0 Å². The van der Waals surface area contributed by atoms with Gasteiger partial charge in [0.2, 0.25) is 0 Å². The van der Waals surface area contributed by atoms with Crippen LogP contribution in [0.25, 0.3) is 0 Å². The second-order valence-corrected chi connectivity index (χ2v) is 5.90. The number of aliphatic hydroxyl groups excluding tert-OH is 1. The lowest BCUT2D eigenvalue weighted by molar-refractivity contribution is 0.0550. The van der Waals surface area contributed by atoms with Gasteiger partial charge in [0.25, 0.3) is 5.91 Å². The second kappa shape index (κ2) is 5.27. The number of aliphatic imine (C=N–C) groups is 1. The molecule has 1 saturated heterocycles. The number of likely N-dealkylation sites (tertiary alicyclic amines) is 1. The quantitative estimate of drug-likeness (QED) is 0.894. The van der Waals surface area contributed by atoms with Crippen molar-refractivity contribution < 1.29 is 9.90 Å². The van der Waals surface area contributed by atoms with Crippen molar-refractivity contribution in [3.05, 3.63) is 34.0 Å². The number of carbonyl (C=O) groups is 1. The maximum absolute atomic E-state index is 12.3. The van der Waals surface area contributed by atoms with E-state index in [-0.39, 0.29) is 12.0 Å². The highest BCUT2D eigenvalue weighted by Gasteiger charge is 2.23. The molecule has 0 radical (unpaired) electrons. The summed E-state index contributed by atoms with van der Waals surface area (Å²) in [7, 11) is 0. The van der Waals surface area contributed by atoms with Crippen LogP contribution in [-0.2, 0) is 0 Å². The molecular weight excluding hydrogens is 260 g/mol. The number of allylic oxidation sites excluding steroid dienone is 1. The van der Waals surface area contributed by atoms with Crippen molar-refractivity contribution in [2.24, 2.45) is 4.99 Å². The first-order chi connectivity index (χ1) is 9.24. The molecule has 0 saturated carbocycles. The van der Waals surface area contributed by atoms with E-state index in [2.05, 4.69) is 4.99 Å². The van der Waals surface area contributed by atoms with Gasteiger partial charge >= 0.3 is 0 Å². The number of hydrogen-bond donors (Lipinski definition) is 1. The minimum atomic E-state index is -0.249. The summed E-state index contributed by atoms with van der Waals surface area (Å²) in [6, 6.07) is 3.84. The molecule has 100 valence electrons. The third kappa shape index (κ3) is 2.62. The van der Waals surface area contributed by atoms with Crippen molar-refractivity contribution in [1.82, 2.24) is 4.90 Å². The van der Waals surface area contributed by atoms with Gasteiger partial charge in [-0.15, -0.1) is 11.3 Å². The molecule has 0 atom stereocenters. The number of nitrogens with zero attached hydrogens (tertiary/aromatic N) is 2. The average molecular weight is 276 g/mol. The van der Waals surface area contributed by atoms with Gasteiger partial charge in [0.15, 0.2) is 0 Å². The van der Waals surface area contributed by atoms with Crippen molar-refractivity contribution in [2.75, 3.05) is 19.6 Å². The Hall–Kier alpha value is -1.46. The smallest absolute Gasteiger partial charge is 0.263 e. The molecule has 19 heavy (non-hydrogen) atoms. The van der Waals surface area contributed by atoms with Crippen LogP contribution in [0.2, 0.25) is 0 Å². The molecule has 0 spiro atoms. The molecule has 4 nitrogen and oxygen atoms in total. The lowest BCUT2D eigenvalue weighted by Gasteiger charge is -2.29. The van der Waals surface area contributed by atoms with Crippen LogP contribution in [0.15, 0.2) is 29.3 Å². The van der Waals surface area contributed by atoms with E-state index in [0.717, 1.165) is 22.0 Å². The highest BCUT2D eigenvalue weighted by molar-refractivity contribution is 7.16. The first kappa shape index (κ1) is 12.6. The van der Waals surface area contributed by atoms with E-state index < -0.39 is 0 Å². The van der Waals surface area contributed by atoms with E-state index >= 15 is 0 Å². The number of rotatable bonds is 2. The van der Waals surface area contributed by atoms with Gasteiger partial charge in [-0.2, -0.15) is 0 Å². The standard InChI is InChI=1S/C14H16N2O2S/c17-10-5-8-16(9-6-10)14(18)13-4-3-12(19-13)11-2-1-7-15-11/h1-4,10,17H,5-9H2. The summed E-state index contributed by atoms with van der Waals surface area (Å²) in [4.78, 5) is 20.3. The van der Waals surface area contributed by atoms with E-state index in [9.17, 15) is 9.90 Å². The molecule has 3 heterocycles. The minimum absolute atomic E-state index is 0.0747. The van der Waals surface area contributed by atoms with Crippen LogP contribution in [-0.4, -0.2) is 47.4 Å². The molecule has 2 aliphatic rings. The molecule has 0 bridgehead atoms. The first-order valence-electron chi connectivity index (χ1n) is 6.52. The molecule has 3 rings (SSSR count). The summed E-state index contributed by atoms with van der Waals surface area (Å²) >= 11 is 1.50. The van der Waals surface area contributed by atoms with Gasteiger partial charge < -0.3 is 10.0 Å². The van der Waals surface area contributed by atoms with Gasteiger partial charge in [-0.25, -0.2) is 0 Å². The number of aliphatic hydroxyl groups is 1. The fourth-order valence-electron chi connectivity index (χ4n) is 2.34. The third-order valence-electron chi connectivity index (χ3n) is 3.46. The fourth-order valence-corrected chi connectivity index (χ4v) is 3.31. The zero-order valence-corrected chi connectivity index (χ0v) is 11.4. The second-order valence-electron chi connectivity index (χ2n) is 4.82. The number of amides is 1. The molecular formula is C14H16N2O2S. The van der Waals surface area contributed by atoms with Gasteiger partial charge in [-0.3, -0.25) is 9.79 Å². The summed E-state index contributed by atoms with van der Waals surface area (Å²) in [5, 5.41) is 9.47. The lowest BCUT2D eigenvalue weighted by Crippen LogP contribution is -2.39. The predicted octanol–water partition coefficient (Wildman–Crippen LogP) is 1.70. The van der Waals surface area contributed by atoms with Gasteiger partial charge in [-0.05, 0) is 31.1 Å². The molecule has 2 aliphatic heterocycles. The number of thiophene rings is 1. The highest BCUT2D eigenvalue weighted by atomic mass is 32.1. The zero-order chi connectivity index (χ0) is 13.2. The SMILES string of the molecule is O=C(c1ccc(C2=NCC=C2)s1)N1CCC(O)CC1. The average Bonchev–Trinajstić information content (AvgIpc) is 3.10. The van der Waals surface area contributed by atoms with E-state index in [1.165, 1.54) is 11.3 Å². The summed E-state index contributed by atoms with van der Waals surface area (Å²) in [5.74, 6) is 0.0747. The Morgan fingerprint density at radius 1 is 1.37 bits per heavy atom. The third-order valence-corrected chi connectivity index (χ3v) is 4.56. The molecule has 1 aromatic rings. The monoisotopic (exact) mass is 276 g/mol. The summed E-state index contributed by atoms with van der Waals surface area (Å²) < 4.78 is 0. The largest absolute Gasteiger partial charge is 0.393 e. The Labute approximate surface area is 116 Å². The Morgan fingerprint density at radius 3 is 2.84 bits per heavy atom. The lowest BCUT2D eigenvalue weighted by atomic mass is 10.1. The Balaban J connectivity index is 1.72. The predicted molar refractivity (Wildman–Crippen MR) is 76.0 cm³/mol. The van der Waals surface area contributed by atoms with Crippen molar-refractivity contribution in [3.8, 4) is 0 Å². The Bertz CT molecular complexity index is 539. The molecule has 0 aromatic carbocycles. The van der Waals surface area contributed by atoms with E-state index in [4.69, 9.17) is 0 Å². The van der Waals surface area contributed by atoms with E-state index in [0.29, 0.717) is 25.9 Å². The van der Waals surface area contributed by atoms with Crippen molar-refractivity contribution in [1.29, 1.82) is 0 Å². The van der Waals surface area contributed by atoms with Crippen LogP contribution < -0.4 is 0 Å². The maximum atomic E-state index is 12.3. The van der Waals surface area contributed by atoms with E-state index in [1.54, 1.807) is 0 Å². The Kier molecular flexibility index (Phi) is 3.48. The maximum Gasteiger partial charge on any atom is 0.263 e. The number of hydrogen-bond acceptors (Lipinski definition) is 4. The van der Waals surface area contributed by atoms with Gasteiger partial charge in [0, 0.05) is 13.1 Å². The Morgan fingerprint density at radius 2 is 2.16 bits per heavy atom. The number of piperidine rings is 1. The highest BCUT2D eigenvalue weighted by Crippen LogP contribution is 2.22. The first-order valence-corrected chi connectivity index (χ1v) is 7.34. The number of carbonyl (C=O) groups excluding carboxylic acids is 1. The summed E-state index contributed by atoms with van der Waals surface area (Å²) in [6.07, 6.45) is 5.12. The van der Waals surface area contributed by atoms with Gasteiger partial charge in [0.05, 0.1) is 28.1 Å². The van der Waals surface area contributed by atoms with Crippen LogP contribution in [0.3, 0.4) is 0 Å². The van der Waals surface area contributed by atoms with Gasteiger partial charge in [0.1, 0.15) is 0 Å². The van der Waals surface area contributed by atoms with Crippen LogP contribution in [0.5, 0.6) is 0 Å². The minimum Gasteiger partial charge on any atom is -0.393 e. The zero-order valence-electron chi connectivity index (χ0n) is 10.6. The molecule has 1 N–H and O–H groups in total. The molecule has 5 heteroatoms. The topological polar surface area (TPSA) is 52.9 Å². The molecule has 1 aromatic heterocycles.